The first kappa shape index (κ1) is 23.7. The molecule has 4 rings (SSSR count). The number of methoxy groups -OCH3 is 1. The number of hydrogen-bond donors (Lipinski definition) is 3. The summed E-state index contributed by atoms with van der Waals surface area (Å²) in [7, 11) is 1.41. The van der Waals surface area contributed by atoms with Gasteiger partial charge in [0.1, 0.15) is 40.9 Å². The van der Waals surface area contributed by atoms with E-state index in [4.69, 9.17) is 16.0 Å². The van der Waals surface area contributed by atoms with Crippen molar-refractivity contribution >= 4 is 22.5 Å². The van der Waals surface area contributed by atoms with Gasteiger partial charge in [-0.15, -0.1) is 0 Å². The van der Waals surface area contributed by atoms with Gasteiger partial charge in [-0.25, -0.2) is 33.7 Å². The minimum Gasteiger partial charge on any atom is -0.481 e. The van der Waals surface area contributed by atoms with Gasteiger partial charge in [0.25, 0.3) is 0 Å². The molecule has 35 heavy (non-hydrogen) atoms. The molecule has 0 fully saturated rings. The number of fused-ring (bicyclic) bond motifs is 1. The summed E-state index contributed by atoms with van der Waals surface area (Å²) in [5.41, 5.74) is 15.2. The molecule has 0 saturated carbocycles. The Bertz CT molecular complexity index is 1440. The molecular formula is C23H21F3N8O. The van der Waals surface area contributed by atoms with Crippen molar-refractivity contribution in [3.05, 3.63) is 72.3 Å². The predicted octanol–water partition coefficient (Wildman–Crippen LogP) is 5.44. The van der Waals surface area contributed by atoms with E-state index < -0.39 is 23.5 Å². The van der Waals surface area contributed by atoms with Crippen LogP contribution < -0.4 is 15.8 Å². The van der Waals surface area contributed by atoms with Crippen LogP contribution in [0, 0.1) is 23.0 Å². The molecule has 0 amide bonds. The number of nitrogens with two attached hydrogens (primary N) is 1. The zero-order chi connectivity index (χ0) is 25.1. The van der Waals surface area contributed by atoms with Crippen LogP contribution in [0.4, 0.5) is 24.7 Å². The van der Waals surface area contributed by atoms with E-state index in [1.807, 2.05) is 6.92 Å². The topological polar surface area (TPSA) is 127 Å². The Hall–Kier alpha value is -4.48. The fourth-order valence-electron chi connectivity index (χ4n) is 3.84. The summed E-state index contributed by atoms with van der Waals surface area (Å²) < 4.78 is 48.7. The molecule has 1 unspecified atom stereocenters. The van der Waals surface area contributed by atoms with E-state index in [1.165, 1.54) is 25.7 Å². The molecule has 0 spiro atoms. The van der Waals surface area contributed by atoms with Crippen LogP contribution in [0.15, 0.2) is 60.0 Å². The minimum absolute atomic E-state index is 0.110. The fraction of sp³-hybridized carbons (Fsp3) is 0.174. The van der Waals surface area contributed by atoms with Gasteiger partial charge >= 0.3 is 0 Å². The van der Waals surface area contributed by atoms with Gasteiger partial charge in [0.2, 0.25) is 5.88 Å². The largest absolute Gasteiger partial charge is 0.481 e. The number of nitrogens with one attached hydrogen (secondary N) is 2. The van der Waals surface area contributed by atoms with Crippen molar-refractivity contribution in [1.29, 1.82) is 5.53 Å². The highest BCUT2D eigenvalue weighted by Crippen LogP contribution is 2.39. The van der Waals surface area contributed by atoms with Gasteiger partial charge in [0.15, 0.2) is 0 Å². The van der Waals surface area contributed by atoms with Crippen molar-refractivity contribution in [3.8, 4) is 17.0 Å². The Labute approximate surface area is 198 Å². The molecule has 0 aliphatic heterocycles. The number of ether oxygens (including phenoxy) is 1. The molecule has 0 aliphatic rings. The van der Waals surface area contributed by atoms with Gasteiger partial charge in [0.05, 0.1) is 30.4 Å². The average Bonchev–Trinajstić information content (AvgIpc) is 3.24. The van der Waals surface area contributed by atoms with Crippen LogP contribution >= 0.6 is 0 Å². The van der Waals surface area contributed by atoms with Crippen molar-refractivity contribution in [2.75, 3.05) is 18.2 Å². The number of pyridine rings is 1. The fourth-order valence-corrected chi connectivity index (χ4v) is 3.84. The van der Waals surface area contributed by atoms with Gasteiger partial charge < -0.3 is 20.4 Å². The molecule has 1 atom stereocenters. The van der Waals surface area contributed by atoms with Gasteiger partial charge in [-0.2, -0.15) is 5.11 Å². The molecule has 0 radical (unpaired) electrons. The average molecular weight is 482 g/mol. The second-order valence-electron chi connectivity index (χ2n) is 7.49. The summed E-state index contributed by atoms with van der Waals surface area (Å²) in [6, 6.07) is 3.68. The number of anilines is 2. The standard InChI is InChI=1S/C23H21F3N8O/c1-3-19(18(33-28)9-29-17-7-12(24)4-5-16(17)26)34-10-15(20-21(27)31-11-32-22(20)34)14-6-13(25)8-30-23(14)35-2/h4-11,19,28-29H,3H2,1-2H3,(H2,27,31,32)/b18-9-,33-28?. The third-order valence-electron chi connectivity index (χ3n) is 5.44. The SMILES string of the molecule is CCC(/C(=C/Nc1cc(F)ccc1F)N=N)n1cc(-c2cc(F)cnc2OC)c2c(N)ncnc21. The number of hydrogen-bond acceptors (Lipinski definition) is 8. The van der Waals surface area contributed by atoms with E-state index >= 15 is 0 Å². The normalized spacial score (nSPS) is 12.5. The Morgan fingerprint density at radius 2 is 2.00 bits per heavy atom. The lowest BCUT2D eigenvalue weighted by Gasteiger charge is -2.18. The predicted molar refractivity (Wildman–Crippen MR) is 124 cm³/mol. The van der Waals surface area contributed by atoms with Crippen molar-refractivity contribution in [2.24, 2.45) is 5.11 Å². The summed E-state index contributed by atoms with van der Waals surface area (Å²) in [5, 5.41) is 6.71. The molecule has 3 aromatic heterocycles. The smallest absolute Gasteiger partial charge is 0.221 e. The van der Waals surface area contributed by atoms with Gasteiger partial charge in [-0.05, 0) is 24.6 Å². The van der Waals surface area contributed by atoms with Crippen LogP contribution in [0.2, 0.25) is 0 Å². The van der Waals surface area contributed by atoms with Crippen LogP contribution in [0.3, 0.4) is 0 Å². The van der Waals surface area contributed by atoms with Crippen LogP contribution in [0.5, 0.6) is 5.88 Å². The van der Waals surface area contributed by atoms with Crippen molar-refractivity contribution in [1.82, 2.24) is 19.5 Å². The summed E-state index contributed by atoms with van der Waals surface area (Å²) >= 11 is 0. The summed E-state index contributed by atoms with van der Waals surface area (Å²) in [5.74, 6) is -1.54. The molecule has 4 N–H and O–H groups in total. The first-order valence-electron chi connectivity index (χ1n) is 10.5. The maximum absolute atomic E-state index is 14.1. The molecule has 1 aromatic carbocycles. The molecule has 180 valence electrons. The third-order valence-corrected chi connectivity index (χ3v) is 5.44. The molecular weight excluding hydrogens is 461 g/mol. The first-order valence-corrected chi connectivity index (χ1v) is 10.5. The Balaban J connectivity index is 1.87. The quantitative estimate of drug-likeness (QED) is 0.287. The van der Waals surface area contributed by atoms with E-state index in [9.17, 15) is 13.2 Å². The second-order valence-corrected chi connectivity index (χ2v) is 7.49. The zero-order valence-electron chi connectivity index (χ0n) is 18.8. The number of halogens is 3. The maximum Gasteiger partial charge on any atom is 0.221 e. The van der Waals surface area contributed by atoms with Gasteiger partial charge in [0, 0.05) is 29.6 Å². The van der Waals surface area contributed by atoms with Crippen LogP contribution in [-0.2, 0) is 0 Å². The molecule has 12 heteroatoms. The van der Waals surface area contributed by atoms with E-state index in [2.05, 4.69) is 25.4 Å². The molecule has 0 aliphatic carbocycles. The number of allylic oxidation sites excluding steroid dienone is 1. The van der Waals surface area contributed by atoms with E-state index in [0.29, 0.717) is 28.6 Å². The third kappa shape index (κ3) is 4.50. The summed E-state index contributed by atoms with van der Waals surface area (Å²) in [4.78, 5) is 12.4. The number of rotatable bonds is 8. The van der Waals surface area contributed by atoms with E-state index in [1.54, 1.807) is 10.8 Å². The first-order chi connectivity index (χ1) is 16.9. The maximum atomic E-state index is 14.1. The van der Waals surface area contributed by atoms with Crippen LogP contribution in [0.25, 0.3) is 22.2 Å². The highest BCUT2D eigenvalue weighted by Gasteiger charge is 2.24. The van der Waals surface area contributed by atoms with Crippen molar-refractivity contribution in [2.45, 2.75) is 19.4 Å². The molecule has 3 heterocycles. The van der Waals surface area contributed by atoms with Crippen molar-refractivity contribution in [3.63, 3.8) is 0 Å². The lowest BCUT2D eigenvalue weighted by molar-refractivity contribution is 0.397. The highest BCUT2D eigenvalue weighted by molar-refractivity contribution is 6.01. The summed E-state index contributed by atoms with van der Waals surface area (Å²) in [6.45, 7) is 1.85. The molecule has 0 saturated heterocycles. The van der Waals surface area contributed by atoms with E-state index in [-0.39, 0.29) is 23.1 Å². The monoisotopic (exact) mass is 482 g/mol. The van der Waals surface area contributed by atoms with Gasteiger partial charge in [-0.1, -0.05) is 6.92 Å². The second kappa shape index (κ2) is 9.79. The lowest BCUT2D eigenvalue weighted by atomic mass is 10.1. The number of aromatic nitrogens is 4. The Morgan fingerprint density at radius 3 is 2.71 bits per heavy atom. The van der Waals surface area contributed by atoms with Crippen LogP contribution in [0.1, 0.15) is 19.4 Å². The number of nitrogens with zero attached hydrogens (tertiary/aromatic N) is 5. The molecule has 4 aromatic rings. The highest BCUT2D eigenvalue weighted by atomic mass is 19.1. The van der Waals surface area contributed by atoms with Gasteiger partial charge in [-0.3, -0.25) is 0 Å². The molecule has 0 bridgehead atoms. The minimum atomic E-state index is -0.667. The van der Waals surface area contributed by atoms with Crippen molar-refractivity contribution < 1.29 is 17.9 Å². The Kier molecular flexibility index (Phi) is 6.62. The lowest BCUT2D eigenvalue weighted by Crippen LogP contribution is -2.11. The number of benzene rings is 1. The molecule has 9 nitrogen and oxygen atoms in total. The van der Waals surface area contributed by atoms with E-state index in [0.717, 1.165) is 24.4 Å². The zero-order valence-corrected chi connectivity index (χ0v) is 18.8. The summed E-state index contributed by atoms with van der Waals surface area (Å²) in [6.07, 6.45) is 5.75. The Morgan fingerprint density at radius 1 is 1.20 bits per heavy atom. The van der Waals surface area contributed by atoms with Crippen LogP contribution in [-0.4, -0.2) is 26.6 Å². The number of nitrogen functional groups attached to an aromatic ring is 1.